The van der Waals surface area contributed by atoms with Gasteiger partial charge in [0.15, 0.2) is 22.5 Å². The van der Waals surface area contributed by atoms with Gasteiger partial charge in [0.05, 0.1) is 11.3 Å². The Morgan fingerprint density at radius 1 is 1.21 bits per heavy atom. The van der Waals surface area contributed by atoms with E-state index in [-0.39, 0.29) is 39.0 Å². The van der Waals surface area contributed by atoms with E-state index >= 15 is 0 Å². The second kappa shape index (κ2) is 6.31. The van der Waals surface area contributed by atoms with Crippen LogP contribution in [0.3, 0.4) is 0 Å². The number of carboxylic acid groups (broad SMARTS) is 2. The number of anilines is 1. The van der Waals surface area contributed by atoms with Gasteiger partial charge in [-0.3, -0.25) is 0 Å². The van der Waals surface area contributed by atoms with Crippen molar-refractivity contribution in [3.63, 3.8) is 0 Å². The van der Waals surface area contributed by atoms with Gasteiger partial charge in [0, 0.05) is 6.20 Å². The molecule has 142 valence electrons. The maximum Gasteiger partial charge on any atom is 0.422 e. The number of halogens is 1. The van der Waals surface area contributed by atoms with Gasteiger partial charge in [0.1, 0.15) is 12.9 Å². The van der Waals surface area contributed by atoms with E-state index < -0.39 is 23.6 Å². The molecule has 0 saturated carbocycles. The van der Waals surface area contributed by atoms with Crippen LogP contribution in [-0.2, 0) is 6.54 Å². The number of nitrogens with zero attached hydrogens (tertiary/aromatic N) is 7. The smallest absolute Gasteiger partial charge is 0.422 e. The van der Waals surface area contributed by atoms with Crippen LogP contribution in [0, 0.1) is 0 Å². The summed E-state index contributed by atoms with van der Waals surface area (Å²) in [6.45, 7) is -0.0892. The molecule has 14 heteroatoms. The standard InChI is InChI=1S/C14H8ClN7O6/c15-6-1-2-21-9(6)12(23)28-7(19-21)3-20-5-18-8-10(20)16-4-17-11(8)22(13(24)25)14(26)27/h1-2,4-5H,3H2,(H,24,25)(H,26,27). The number of imide groups is 1. The highest BCUT2D eigenvalue weighted by atomic mass is 35.5. The minimum atomic E-state index is -1.75. The van der Waals surface area contributed by atoms with Crippen LogP contribution in [0.4, 0.5) is 15.4 Å². The fourth-order valence-electron chi connectivity index (χ4n) is 2.59. The van der Waals surface area contributed by atoms with Crippen LogP contribution >= 0.6 is 11.6 Å². The van der Waals surface area contributed by atoms with E-state index in [1.54, 1.807) is 0 Å². The van der Waals surface area contributed by atoms with Gasteiger partial charge in [0.2, 0.25) is 5.89 Å². The van der Waals surface area contributed by atoms with Crippen molar-refractivity contribution in [2.45, 2.75) is 6.54 Å². The molecule has 0 aliphatic rings. The molecular weight excluding hydrogens is 398 g/mol. The number of imidazole rings is 1. The van der Waals surface area contributed by atoms with Crippen LogP contribution in [0.15, 0.2) is 34.1 Å². The first-order valence-electron chi connectivity index (χ1n) is 7.45. The zero-order valence-electron chi connectivity index (χ0n) is 13.6. The third-order valence-corrected chi connectivity index (χ3v) is 4.03. The molecule has 2 amide bonds. The Morgan fingerprint density at radius 3 is 2.68 bits per heavy atom. The van der Waals surface area contributed by atoms with Gasteiger partial charge in [-0.05, 0) is 6.07 Å². The maximum atomic E-state index is 12.1. The molecule has 0 unspecified atom stereocenters. The highest BCUT2D eigenvalue weighted by molar-refractivity contribution is 6.33. The summed E-state index contributed by atoms with van der Waals surface area (Å²) in [7, 11) is 0. The lowest BCUT2D eigenvalue weighted by Crippen LogP contribution is -2.35. The van der Waals surface area contributed by atoms with Crippen LogP contribution in [0.1, 0.15) is 5.89 Å². The molecule has 4 aromatic heterocycles. The first-order chi connectivity index (χ1) is 13.4. The lowest BCUT2D eigenvalue weighted by atomic mass is 10.4. The van der Waals surface area contributed by atoms with Crippen molar-refractivity contribution in [2.75, 3.05) is 4.90 Å². The number of rotatable bonds is 3. The van der Waals surface area contributed by atoms with Gasteiger partial charge in [-0.25, -0.2) is 33.9 Å². The van der Waals surface area contributed by atoms with E-state index in [4.69, 9.17) is 26.2 Å². The highest BCUT2D eigenvalue weighted by Crippen LogP contribution is 2.22. The first-order valence-corrected chi connectivity index (χ1v) is 7.83. The lowest BCUT2D eigenvalue weighted by Gasteiger charge is -2.12. The van der Waals surface area contributed by atoms with Crippen LogP contribution in [0.2, 0.25) is 5.02 Å². The molecule has 4 aromatic rings. The minimum Gasteiger partial charge on any atom is -0.464 e. The normalized spacial score (nSPS) is 11.2. The molecule has 0 aliphatic carbocycles. The number of carbonyl (C=O) groups is 2. The van der Waals surface area contributed by atoms with Crippen molar-refractivity contribution in [3.8, 4) is 0 Å². The largest absolute Gasteiger partial charge is 0.464 e. The average molecular weight is 406 g/mol. The van der Waals surface area contributed by atoms with Crippen molar-refractivity contribution < 1.29 is 24.2 Å². The fourth-order valence-corrected chi connectivity index (χ4v) is 2.81. The monoisotopic (exact) mass is 405 g/mol. The second-order valence-electron chi connectivity index (χ2n) is 5.38. The van der Waals surface area contributed by atoms with Gasteiger partial charge in [-0.1, -0.05) is 11.6 Å². The molecule has 0 aromatic carbocycles. The molecule has 4 heterocycles. The first kappa shape index (κ1) is 17.4. The summed E-state index contributed by atoms with van der Waals surface area (Å²) in [6, 6.07) is 1.49. The van der Waals surface area contributed by atoms with Gasteiger partial charge < -0.3 is 19.2 Å². The Balaban J connectivity index is 1.79. The van der Waals surface area contributed by atoms with Crippen molar-refractivity contribution >= 4 is 46.3 Å². The van der Waals surface area contributed by atoms with E-state index in [1.807, 2.05) is 0 Å². The van der Waals surface area contributed by atoms with Crippen molar-refractivity contribution in [1.29, 1.82) is 0 Å². The zero-order valence-corrected chi connectivity index (χ0v) is 14.3. The number of fused-ring (bicyclic) bond motifs is 2. The topological polar surface area (TPSA) is 169 Å². The van der Waals surface area contributed by atoms with E-state index in [1.165, 1.54) is 27.7 Å². The van der Waals surface area contributed by atoms with Crippen molar-refractivity contribution in [1.82, 2.24) is 29.1 Å². The highest BCUT2D eigenvalue weighted by Gasteiger charge is 2.27. The van der Waals surface area contributed by atoms with Gasteiger partial charge in [-0.2, -0.15) is 4.90 Å². The summed E-state index contributed by atoms with van der Waals surface area (Å²) in [5.41, 5.74) is -0.556. The third-order valence-electron chi connectivity index (χ3n) is 3.72. The van der Waals surface area contributed by atoms with E-state index in [2.05, 4.69) is 20.1 Å². The number of aromatic nitrogens is 6. The Morgan fingerprint density at radius 2 is 1.96 bits per heavy atom. The Bertz CT molecular complexity index is 1290. The summed E-state index contributed by atoms with van der Waals surface area (Å²) in [6.07, 6.45) is 0.253. The molecule has 0 fully saturated rings. The summed E-state index contributed by atoms with van der Waals surface area (Å²) >= 11 is 5.90. The number of hydrogen-bond donors (Lipinski definition) is 2. The van der Waals surface area contributed by atoms with Crippen LogP contribution in [0.5, 0.6) is 0 Å². The minimum absolute atomic E-state index is 0.00226. The number of amides is 2. The van der Waals surface area contributed by atoms with E-state index in [9.17, 15) is 14.4 Å². The summed E-state index contributed by atoms with van der Waals surface area (Å²) in [5, 5.41) is 22.5. The van der Waals surface area contributed by atoms with Crippen molar-refractivity contribution in [2.24, 2.45) is 0 Å². The summed E-state index contributed by atoms with van der Waals surface area (Å²) in [5.74, 6) is -0.427. The van der Waals surface area contributed by atoms with Gasteiger partial charge >= 0.3 is 17.8 Å². The van der Waals surface area contributed by atoms with Crippen LogP contribution in [-0.4, -0.2) is 51.5 Å². The Kier molecular flexibility index (Phi) is 3.93. The summed E-state index contributed by atoms with van der Waals surface area (Å²) in [4.78, 5) is 46.2. The van der Waals surface area contributed by atoms with E-state index in [0.29, 0.717) is 0 Å². The third kappa shape index (κ3) is 2.69. The Labute approximate surface area is 158 Å². The predicted molar refractivity (Wildman–Crippen MR) is 91.7 cm³/mol. The number of hydrogen-bond acceptors (Lipinski definition) is 8. The Hall–Kier alpha value is -4.00. The average Bonchev–Trinajstić information content (AvgIpc) is 3.19. The molecule has 2 N–H and O–H groups in total. The fraction of sp³-hybridized carbons (Fsp3) is 0.0714. The molecule has 0 atom stereocenters. The quantitative estimate of drug-likeness (QED) is 0.506. The van der Waals surface area contributed by atoms with Crippen LogP contribution < -0.4 is 10.5 Å². The van der Waals surface area contributed by atoms with Crippen molar-refractivity contribution in [3.05, 3.63) is 46.3 Å². The molecule has 0 aliphatic heterocycles. The van der Waals surface area contributed by atoms with Gasteiger partial charge in [0.25, 0.3) is 0 Å². The lowest BCUT2D eigenvalue weighted by molar-refractivity contribution is 0.184. The molecule has 0 spiro atoms. The predicted octanol–water partition coefficient (Wildman–Crippen LogP) is 1.29. The molecule has 0 radical (unpaired) electrons. The van der Waals surface area contributed by atoms with E-state index in [0.717, 1.165) is 6.33 Å². The zero-order chi connectivity index (χ0) is 20.0. The molecule has 0 bridgehead atoms. The molecule has 13 nitrogen and oxygen atoms in total. The second-order valence-corrected chi connectivity index (χ2v) is 5.79. The SMILES string of the molecule is O=C(O)N(C(=O)O)c1ncnc2c1ncn2Cc1nn2ccc(Cl)c2c(=O)o1. The molecule has 0 saturated heterocycles. The molecule has 28 heavy (non-hydrogen) atoms. The molecule has 4 rings (SSSR count). The van der Waals surface area contributed by atoms with Gasteiger partial charge in [-0.15, -0.1) is 5.10 Å². The van der Waals surface area contributed by atoms with Crippen LogP contribution in [0.25, 0.3) is 16.7 Å². The maximum absolute atomic E-state index is 12.1. The summed E-state index contributed by atoms with van der Waals surface area (Å²) < 4.78 is 7.80. The molecular formula is C14H8ClN7O6.